The Balaban J connectivity index is 1.96. The van der Waals surface area contributed by atoms with Gasteiger partial charge in [0.1, 0.15) is 5.69 Å². The maximum Gasteiger partial charge on any atom is 0.274 e. The van der Waals surface area contributed by atoms with Gasteiger partial charge in [-0.25, -0.2) is 0 Å². The van der Waals surface area contributed by atoms with Gasteiger partial charge in [-0.3, -0.25) is 14.4 Å². The first kappa shape index (κ1) is 16.0. The quantitative estimate of drug-likeness (QED) is 0.820. The molecule has 21 heavy (non-hydrogen) atoms. The van der Waals surface area contributed by atoms with Gasteiger partial charge >= 0.3 is 0 Å². The van der Waals surface area contributed by atoms with Crippen LogP contribution in [0.5, 0.6) is 0 Å². The molecule has 1 amide bonds. The summed E-state index contributed by atoms with van der Waals surface area (Å²) in [5.41, 5.74) is 0.509. The summed E-state index contributed by atoms with van der Waals surface area (Å²) in [5.74, 6) is -0.0244. The predicted octanol–water partition coefficient (Wildman–Crippen LogP) is 1.26. The van der Waals surface area contributed by atoms with Crippen LogP contribution in [0, 0.1) is 0 Å². The van der Waals surface area contributed by atoms with Gasteiger partial charge in [0, 0.05) is 45.5 Å². The summed E-state index contributed by atoms with van der Waals surface area (Å²) < 4.78 is 7.22. The number of methoxy groups -OCH3 is 1. The van der Waals surface area contributed by atoms with Gasteiger partial charge in [0.05, 0.1) is 6.10 Å². The molecule has 0 aromatic carbocycles. The van der Waals surface area contributed by atoms with E-state index < -0.39 is 0 Å². The van der Waals surface area contributed by atoms with Crippen molar-refractivity contribution in [1.82, 2.24) is 19.6 Å². The first-order valence-corrected chi connectivity index (χ1v) is 7.46. The molecule has 0 bridgehead atoms. The van der Waals surface area contributed by atoms with Crippen molar-refractivity contribution >= 4 is 5.91 Å². The van der Waals surface area contributed by atoms with Crippen molar-refractivity contribution in [2.45, 2.75) is 38.5 Å². The number of likely N-dealkylation sites (tertiary alicyclic amines) is 1. The van der Waals surface area contributed by atoms with Crippen LogP contribution in [0.3, 0.4) is 0 Å². The fraction of sp³-hybridized carbons (Fsp3) is 0.733. The van der Waals surface area contributed by atoms with Crippen LogP contribution in [-0.4, -0.2) is 71.9 Å². The van der Waals surface area contributed by atoms with Crippen molar-refractivity contribution in [3.63, 3.8) is 0 Å². The molecule has 118 valence electrons. The van der Waals surface area contributed by atoms with E-state index in [2.05, 4.69) is 17.0 Å². The number of hydrogen-bond donors (Lipinski definition) is 0. The molecule has 2 atom stereocenters. The summed E-state index contributed by atoms with van der Waals surface area (Å²) in [6, 6.07) is 2.39. The minimum Gasteiger partial charge on any atom is -0.380 e. The zero-order chi connectivity index (χ0) is 15.6. The van der Waals surface area contributed by atoms with Gasteiger partial charge in [0.15, 0.2) is 0 Å². The molecular weight excluding hydrogens is 268 g/mol. The Kier molecular flexibility index (Phi) is 5.00. The lowest BCUT2D eigenvalue weighted by Gasteiger charge is -2.25. The van der Waals surface area contributed by atoms with Crippen molar-refractivity contribution < 1.29 is 9.53 Å². The number of ether oxygens (including phenoxy) is 1. The van der Waals surface area contributed by atoms with Gasteiger partial charge in [0.2, 0.25) is 0 Å². The van der Waals surface area contributed by atoms with Gasteiger partial charge in [-0.15, -0.1) is 0 Å². The minimum absolute atomic E-state index is 0.0244. The summed E-state index contributed by atoms with van der Waals surface area (Å²) in [5, 5.41) is 4.34. The summed E-state index contributed by atoms with van der Waals surface area (Å²) >= 11 is 0. The highest BCUT2D eigenvalue weighted by Crippen LogP contribution is 2.19. The minimum atomic E-state index is -0.0244. The van der Waals surface area contributed by atoms with E-state index in [1.54, 1.807) is 18.1 Å². The number of amides is 1. The average molecular weight is 294 g/mol. The Morgan fingerprint density at radius 2 is 2.29 bits per heavy atom. The maximum atomic E-state index is 12.4. The zero-order valence-corrected chi connectivity index (χ0v) is 13.6. The Morgan fingerprint density at radius 1 is 1.57 bits per heavy atom. The molecule has 0 N–H and O–H groups in total. The molecule has 0 spiro atoms. The maximum absolute atomic E-state index is 12.4. The van der Waals surface area contributed by atoms with Gasteiger partial charge in [-0.2, -0.15) is 5.10 Å². The third-order valence-electron chi connectivity index (χ3n) is 4.17. The van der Waals surface area contributed by atoms with Crippen LogP contribution in [0.15, 0.2) is 12.3 Å². The fourth-order valence-electron chi connectivity index (χ4n) is 2.75. The molecule has 1 saturated heterocycles. The fourth-order valence-corrected chi connectivity index (χ4v) is 2.75. The average Bonchev–Trinajstić information content (AvgIpc) is 3.05. The Labute approximate surface area is 126 Å². The highest BCUT2D eigenvalue weighted by Gasteiger charge is 2.31. The molecule has 0 radical (unpaired) electrons. The highest BCUT2D eigenvalue weighted by molar-refractivity contribution is 5.92. The molecule has 6 nitrogen and oxygen atoms in total. The van der Waals surface area contributed by atoms with Gasteiger partial charge < -0.3 is 9.64 Å². The number of aromatic nitrogens is 2. The van der Waals surface area contributed by atoms with Crippen LogP contribution < -0.4 is 0 Å². The number of carbonyl (C=O) groups excluding carboxylic acids is 1. The second-order valence-corrected chi connectivity index (χ2v) is 6.15. The second-order valence-electron chi connectivity index (χ2n) is 6.15. The van der Waals surface area contributed by atoms with Crippen molar-refractivity contribution in [2.75, 3.05) is 34.3 Å². The third-order valence-corrected chi connectivity index (χ3v) is 4.17. The first-order chi connectivity index (χ1) is 9.92. The number of rotatable bonds is 5. The van der Waals surface area contributed by atoms with E-state index >= 15 is 0 Å². The molecule has 1 aliphatic heterocycles. The van der Waals surface area contributed by atoms with Gasteiger partial charge in [0.25, 0.3) is 5.91 Å². The molecule has 0 saturated carbocycles. The monoisotopic (exact) mass is 294 g/mol. The zero-order valence-electron chi connectivity index (χ0n) is 13.6. The lowest BCUT2D eigenvalue weighted by Crippen LogP contribution is -2.39. The molecule has 1 aromatic rings. The number of hydrogen-bond acceptors (Lipinski definition) is 4. The topological polar surface area (TPSA) is 50.6 Å². The van der Waals surface area contributed by atoms with E-state index in [0.717, 1.165) is 13.0 Å². The summed E-state index contributed by atoms with van der Waals surface area (Å²) in [7, 11) is 5.66. The lowest BCUT2D eigenvalue weighted by atomic mass is 10.2. The van der Waals surface area contributed by atoms with Crippen molar-refractivity contribution in [1.29, 1.82) is 0 Å². The van der Waals surface area contributed by atoms with Crippen LogP contribution >= 0.6 is 0 Å². The first-order valence-electron chi connectivity index (χ1n) is 7.46. The van der Waals surface area contributed by atoms with E-state index in [-0.39, 0.29) is 18.1 Å². The van der Waals surface area contributed by atoms with E-state index in [1.807, 2.05) is 31.8 Å². The van der Waals surface area contributed by atoms with Gasteiger partial charge in [-0.05, 0) is 33.4 Å². The van der Waals surface area contributed by atoms with Crippen LogP contribution in [0.4, 0.5) is 0 Å². The smallest absolute Gasteiger partial charge is 0.274 e. The standard InChI is InChI=1S/C15H26N4O2/c1-11(2)19-7-6-14(16-19)15(20)18(4)9-12-8-13(21-5)10-17(12)3/h6-7,11-13H,8-10H2,1-5H3/t12-,13-/m0/s1. The summed E-state index contributed by atoms with van der Waals surface area (Å²) in [6.07, 6.45) is 3.09. The number of carbonyl (C=O) groups is 1. The van der Waals surface area contributed by atoms with E-state index in [4.69, 9.17) is 4.74 Å². The normalized spacial score (nSPS) is 23.0. The van der Waals surface area contributed by atoms with Crippen LogP contribution in [0.1, 0.15) is 36.8 Å². The number of nitrogens with zero attached hydrogens (tertiary/aromatic N) is 4. The predicted molar refractivity (Wildman–Crippen MR) is 81.4 cm³/mol. The van der Waals surface area contributed by atoms with Crippen LogP contribution in [0.2, 0.25) is 0 Å². The highest BCUT2D eigenvalue weighted by atomic mass is 16.5. The van der Waals surface area contributed by atoms with Crippen LogP contribution in [-0.2, 0) is 4.74 Å². The Hall–Kier alpha value is -1.40. The molecule has 1 fully saturated rings. The largest absolute Gasteiger partial charge is 0.380 e. The lowest BCUT2D eigenvalue weighted by molar-refractivity contribution is 0.0753. The molecule has 2 heterocycles. The van der Waals surface area contributed by atoms with Gasteiger partial charge in [-0.1, -0.05) is 0 Å². The molecule has 0 aliphatic carbocycles. The van der Waals surface area contributed by atoms with Crippen molar-refractivity contribution in [3.8, 4) is 0 Å². The van der Waals surface area contributed by atoms with E-state index in [1.165, 1.54) is 0 Å². The molecular formula is C15H26N4O2. The Morgan fingerprint density at radius 3 is 2.81 bits per heavy atom. The summed E-state index contributed by atoms with van der Waals surface area (Å²) in [6.45, 7) is 5.71. The molecule has 1 aromatic heterocycles. The number of likely N-dealkylation sites (N-methyl/N-ethyl adjacent to an activating group) is 2. The second kappa shape index (κ2) is 6.58. The van der Waals surface area contributed by atoms with Crippen LogP contribution in [0.25, 0.3) is 0 Å². The molecule has 2 rings (SSSR count). The Bertz CT molecular complexity index is 486. The third kappa shape index (κ3) is 3.63. The van der Waals surface area contributed by atoms with Crippen molar-refractivity contribution in [2.24, 2.45) is 0 Å². The van der Waals surface area contributed by atoms with E-state index in [9.17, 15) is 4.79 Å². The molecule has 1 aliphatic rings. The SMILES string of the molecule is CO[C@H]1C[C@@H](CN(C)C(=O)c2ccn(C(C)C)n2)N(C)C1. The molecule has 0 unspecified atom stereocenters. The van der Waals surface area contributed by atoms with Crippen molar-refractivity contribution in [3.05, 3.63) is 18.0 Å². The molecule has 6 heteroatoms. The van der Waals surface area contributed by atoms with E-state index in [0.29, 0.717) is 18.3 Å². The summed E-state index contributed by atoms with van der Waals surface area (Å²) in [4.78, 5) is 16.4.